The van der Waals surface area contributed by atoms with Crippen molar-refractivity contribution < 1.29 is 0 Å². The van der Waals surface area contributed by atoms with E-state index in [0.29, 0.717) is 0 Å². The highest BCUT2D eigenvalue weighted by Crippen LogP contribution is 2.29. The maximum atomic E-state index is 4.81. The topological polar surface area (TPSA) is 63.0 Å². The lowest BCUT2D eigenvalue weighted by atomic mass is 10.2. The monoisotopic (exact) mass is 419 g/mol. The lowest BCUT2D eigenvalue weighted by Crippen LogP contribution is -2.46. The van der Waals surface area contributed by atoms with Gasteiger partial charge in [0.1, 0.15) is 16.6 Å². The number of aromatic nitrogens is 5. The molecule has 0 atom stereocenters. The molecule has 154 valence electrons. The Morgan fingerprint density at radius 3 is 2.50 bits per heavy atom. The lowest BCUT2D eigenvalue weighted by Gasteiger charge is -2.35. The fourth-order valence-electron chi connectivity index (χ4n) is 3.95. The van der Waals surface area contributed by atoms with E-state index < -0.39 is 0 Å². The average molecular weight is 420 g/mol. The fourth-order valence-corrected chi connectivity index (χ4v) is 5.06. The third kappa shape index (κ3) is 3.57. The summed E-state index contributed by atoms with van der Waals surface area (Å²) in [5, 5.41) is 6.51. The SMILES string of the molecule is Cc1nc(N2CCN(Cc3sc(-c4ccccc4)nc3C)CC2)c2cnn(C)c2n1. The predicted molar refractivity (Wildman–Crippen MR) is 121 cm³/mol. The van der Waals surface area contributed by atoms with Gasteiger partial charge in [-0.25, -0.2) is 15.0 Å². The summed E-state index contributed by atoms with van der Waals surface area (Å²) >= 11 is 1.81. The summed E-state index contributed by atoms with van der Waals surface area (Å²) in [7, 11) is 1.93. The molecule has 0 amide bonds. The van der Waals surface area contributed by atoms with Crippen molar-refractivity contribution in [2.45, 2.75) is 20.4 Å². The molecule has 3 aromatic heterocycles. The van der Waals surface area contributed by atoms with Gasteiger partial charge in [-0.3, -0.25) is 9.58 Å². The number of hydrogen-bond acceptors (Lipinski definition) is 7. The summed E-state index contributed by atoms with van der Waals surface area (Å²) in [6, 6.07) is 10.4. The maximum Gasteiger partial charge on any atom is 0.163 e. The maximum absolute atomic E-state index is 4.81. The third-order valence-electron chi connectivity index (χ3n) is 5.64. The number of fused-ring (bicyclic) bond motifs is 1. The van der Waals surface area contributed by atoms with Crippen LogP contribution in [0, 0.1) is 13.8 Å². The molecule has 4 heterocycles. The molecule has 8 heteroatoms. The van der Waals surface area contributed by atoms with E-state index in [1.54, 1.807) is 0 Å². The number of benzene rings is 1. The summed E-state index contributed by atoms with van der Waals surface area (Å²) in [5.41, 5.74) is 3.24. The zero-order valence-corrected chi connectivity index (χ0v) is 18.4. The molecule has 7 nitrogen and oxygen atoms in total. The number of hydrogen-bond donors (Lipinski definition) is 0. The van der Waals surface area contributed by atoms with Crippen LogP contribution in [0.5, 0.6) is 0 Å². The van der Waals surface area contributed by atoms with Gasteiger partial charge in [0.05, 0.1) is 17.3 Å². The molecule has 30 heavy (non-hydrogen) atoms. The van der Waals surface area contributed by atoms with Gasteiger partial charge < -0.3 is 4.90 Å². The predicted octanol–water partition coefficient (Wildman–Crippen LogP) is 3.43. The quantitative estimate of drug-likeness (QED) is 0.505. The normalized spacial score (nSPS) is 15.2. The van der Waals surface area contributed by atoms with E-state index in [1.165, 1.54) is 10.4 Å². The van der Waals surface area contributed by atoms with Crippen molar-refractivity contribution in [2.75, 3.05) is 31.1 Å². The summed E-state index contributed by atoms with van der Waals surface area (Å²) in [4.78, 5) is 20.3. The molecule has 0 aliphatic carbocycles. The number of nitrogens with zero attached hydrogens (tertiary/aromatic N) is 7. The van der Waals surface area contributed by atoms with Crippen LogP contribution < -0.4 is 4.90 Å². The van der Waals surface area contributed by atoms with E-state index in [0.717, 1.165) is 66.1 Å². The number of anilines is 1. The van der Waals surface area contributed by atoms with E-state index >= 15 is 0 Å². The van der Waals surface area contributed by atoms with E-state index in [1.807, 2.05) is 42.3 Å². The van der Waals surface area contributed by atoms with E-state index in [2.05, 4.69) is 51.1 Å². The Morgan fingerprint density at radius 1 is 0.967 bits per heavy atom. The minimum Gasteiger partial charge on any atom is -0.353 e. The van der Waals surface area contributed by atoms with Crippen LogP contribution in [0.3, 0.4) is 0 Å². The molecule has 1 aliphatic heterocycles. The first kappa shape index (κ1) is 19.1. The van der Waals surface area contributed by atoms with Gasteiger partial charge in [-0.2, -0.15) is 5.10 Å². The second-order valence-electron chi connectivity index (χ2n) is 7.76. The van der Waals surface area contributed by atoms with Gasteiger partial charge in [-0.05, 0) is 13.8 Å². The Hall–Kier alpha value is -2.84. The first-order valence-electron chi connectivity index (χ1n) is 10.2. The number of piperazine rings is 1. The third-order valence-corrected chi connectivity index (χ3v) is 6.83. The number of aryl methyl sites for hydroxylation is 3. The smallest absolute Gasteiger partial charge is 0.163 e. The second kappa shape index (κ2) is 7.77. The van der Waals surface area contributed by atoms with Crippen molar-refractivity contribution in [3.8, 4) is 10.6 Å². The van der Waals surface area contributed by atoms with Gasteiger partial charge in [0, 0.05) is 50.2 Å². The molecule has 5 rings (SSSR count). The highest BCUT2D eigenvalue weighted by molar-refractivity contribution is 7.15. The summed E-state index contributed by atoms with van der Waals surface area (Å²) in [6.07, 6.45) is 1.88. The molecule has 0 unspecified atom stereocenters. The zero-order chi connectivity index (χ0) is 20.7. The molecule has 4 aromatic rings. The Bertz CT molecular complexity index is 1170. The van der Waals surface area contributed by atoms with E-state index in [4.69, 9.17) is 9.97 Å². The van der Waals surface area contributed by atoms with Gasteiger partial charge in [0.2, 0.25) is 0 Å². The van der Waals surface area contributed by atoms with Crippen molar-refractivity contribution in [1.82, 2.24) is 29.6 Å². The molecule has 1 aliphatic rings. The number of thiazole rings is 1. The molecule has 0 N–H and O–H groups in total. The standard InChI is InChI=1S/C22H25N7S/c1-15-19(30-22(24-15)17-7-5-4-6-8-17)14-28-9-11-29(12-10-28)21-18-13-23-27(3)20(18)25-16(2)26-21/h4-8,13H,9-12,14H2,1-3H3. The minimum atomic E-state index is 0.789. The van der Waals surface area contributed by atoms with Crippen molar-refractivity contribution in [1.29, 1.82) is 0 Å². The van der Waals surface area contributed by atoms with Crippen molar-refractivity contribution >= 4 is 28.2 Å². The highest BCUT2D eigenvalue weighted by atomic mass is 32.1. The van der Waals surface area contributed by atoms with Crippen molar-refractivity contribution in [3.63, 3.8) is 0 Å². The fraction of sp³-hybridized carbons (Fsp3) is 0.364. The van der Waals surface area contributed by atoms with Gasteiger partial charge in [-0.1, -0.05) is 30.3 Å². The lowest BCUT2D eigenvalue weighted by molar-refractivity contribution is 0.251. The summed E-state index contributed by atoms with van der Waals surface area (Å²) < 4.78 is 1.82. The Kier molecular flexibility index (Phi) is 4.96. The molecule has 1 saturated heterocycles. The van der Waals surface area contributed by atoms with Crippen molar-refractivity contribution in [3.05, 3.63) is 52.9 Å². The van der Waals surface area contributed by atoms with Gasteiger partial charge in [0.25, 0.3) is 0 Å². The second-order valence-corrected chi connectivity index (χ2v) is 8.84. The van der Waals surface area contributed by atoms with Crippen LogP contribution in [-0.2, 0) is 13.6 Å². The van der Waals surface area contributed by atoms with Crippen LogP contribution in [0.1, 0.15) is 16.4 Å². The number of rotatable bonds is 4. The van der Waals surface area contributed by atoms with E-state index in [-0.39, 0.29) is 0 Å². The molecule has 0 radical (unpaired) electrons. The van der Waals surface area contributed by atoms with E-state index in [9.17, 15) is 0 Å². The largest absolute Gasteiger partial charge is 0.353 e. The molecule has 1 fully saturated rings. The molecular weight excluding hydrogens is 394 g/mol. The zero-order valence-electron chi connectivity index (χ0n) is 17.5. The first-order chi connectivity index (χ1) is 14.6. The van der Waals surface area contributed by atoms with Crippen LogP contribution in [0.4, 0.5) is 5.82 Å². The Balaban J connectivity index is 1.29. The first-order valence-corrected chi connectivity index (χ1v) is 11.1. The molecule has 0 bridgehead atoms. The molecule has 0 saturated carbocycles. The molecule has 1 aromatic carbocycles. The van der Waals surface area contributed by atoms with Crippen molar-refractivity contribution in [2.24, 2.45) is 7.05 Å². The summed E-state index contributed by atoms with van der Waals surface area (Å²) in [6.45, 7) is 8.93. The van der Waals surface area contributed by atoms with Crippen LogP contribution in [0.2, 0.25) is 0 Å². The Morgan fingerprint density at radius 2 is 1.73 bits per heavy atom. The van der Waals surface area contributed by atoms with Crippen LogP contribution >= 0.6 is 11.3 Å². The molecular formula is C22H25N7S. The van der Waals surface area contributed by atoms with Crippen LogP contribution in [0.15, 0.2) is 36.5 Å². The van der Waals surface area contributed by atoms with Crippen LogP contribution in [-0.4, -0.2) is 55.8 Å². The minimum absolute atomic E-state index is 0.789. The van der Waals surface area contributed by atoms with Gasteiger partial charge in [0.15, 0.2) is 5.65 Å². The van der Waals surface area contributed by atoms with Gasteiger partial charge in [-0.15, -0.1) is 11.3 Å². The average Bonchev–Trinajstić information content (AvgIpc) is 3.31. The van der Waals surface area contributed by atoms with Gasteiger partial charge >= 0.3 is 0 Å². The Labute approximate surface area is 180 Å². The molecule has 0 spiro atoms. The highest BCUT2D eigenvalue weighted by Gasteiger charge is 2.23. The van der Waals surface area contributed by atoms with Crippen LogP contribution in [0.25, 0.3) is 21.6 Å². The summed E-state index contributed by atoms with van der Waals surface area (Å²) in [5.74, 6) is 1.79.